The van der Waals surface area contributed by atoms with Crippen molar-refractivity contribution in [1.82, 2.24) is 14.9 Å². The average molecular weight is 498 g/mol. The van der Waals surface area contributed by atoms with E-state index in [0.717, 1.165) is 42.8 Å². The fraction of sp³-hybridized carbons (Fsp3) is 0.308. The van der Waals surface area contributed by atoms with Crippen LogP contribution in [0.2, 0.25) is 10.0 Å². The van der Waals surface area contributed by atoms with Crippen molar-refractivity contribution >= 4 is 40.0 Å². The molecule has 3 heterocycles. The van der Waals surface area contributed by atoms with Gasteiger partial charge < -0.3 is 19.0 Å². The minimum Gasteiger partial charge on any atom is -0.497 e. The van der Waals surface area contributed by atoms with Crippen LogP contribution in [0.1, 0.15) is 36.6 Å². The van der Waals surface area contributed by atoms with Crippen LogP contribution in [-0.4, -0.2) is 41.0 Å². The van der Waals surface area contributed by atoms with Crippen molar-refractivity contribution in [3.8, 4) is 17.1 Å². The van der Waals surface area contributed by atoms with Crippen LogP contribution in [0.3, 0.4) is 0 Å². The number of halogens is 2. The molecule has 1 N–H and O–H groups in total. The Morgan fingerprint density at radius 1 is 1.21 bits per heavy atom. The molecule has 2 aromatic heterocycles. The Labute approximate surface area is 207 Å². The second kappa shape index (κ2) is 9.72. The summed E-state index contributed by atoms with van der Waals surface area (Å²) in [5.74, 6) is 2.50. The third-order valence-electron chi connectivity index (χ3n) is 6.51. The third kappa shape index (κ3) is 4.65. The number of benzene rings is 2. The number of nitrogens with one attached hydrogen (secondary N) is 1. The zero-order chi connectivity index (χ0) is 23.7. The molecule has 8 heteroatoms. The first kappa shape index (κ1) is 22.8. The maximum absolute atomic E-state index is 12.8. The minimum absolute atomic E-state index is 0.128. The van der Waals surface area contributed by atoms with E-state index < -0.39 is 0 Å². The SMILES string of the molecule is COc1ccc2[nH]cc(C3CCN(C(=O)CCc4ncc(-c5ccc(Cl)cc5Cl)o4)CC3)c2c1. The number of aryl methyl sites for hydroxylation is 1. The van der Waals surface area contributed by atoms with E-state index in [0.29, 0.717) is 40.5 Å². The molecule has 1 saturated heterocycles. The molecular weight excluding hydrogens is 473 g/mol. The van der Waals surface area contributed by atoms with E-state index in [1.54, 1.807) is 31.5 Å². The van der Waals surface area contributed by atoms with Gasteiger partial charge in [0.1, 0.15) is 5.75 Å². The number of hydrogen-bond donors (Lipinski definition) is 1. The van der Waals surface area contributed by atoms with Crippen molar-refractivity contribution in [3.05, 3.63) is 70.3 Å². The predicted molar refractivity (Wildman–Crippen MR) is 134 cm³/mol. The number of nitrogens with zero attached hydrogens (tertiary/aromatic N) is 2. The van der Waals surface area contributed by atoms with Crippen molar-refractivity contribution in [2.24, 2.45) is 0 Å². The lowest BCUT2D eigenvalue weighted by atomic mass is 9.89. The summed E-state index contributed by atoms with van der Waals surface area (Å²) < 4.78 is 11.2. The molecule has 0 saturated carbocycles. The Morgan fingerprint density at radius 2 is 2.03 bits per heavy atom. The maximum atomic E-state index is 12.8. The van der Waals surface area contributed by atoms with Gasteiger partial charge in [0.15, 0.2) is 11.7 Å². The van der Waals surface area contributed by atoms with Gasteiger partial charge in [0, 0.05) is 53.6 Å². The normalized spacial score (nSPS) is 14.6. The van der Waals surface area contributed by atoms with Gasteiger partial charge in [0.2, 0.25) is 5.91 Å². The molecule has 34 heavy (non-hydrogen) atoms. The Balaban J connectivity index is 1.17. The van der Waals surface area contributed by atoms with Gasteiger partial charge in [0.05, 0.1) is 18.3 Å². The summed E-state index contributed by atoms with van der Waals surface area (Å²) in [6.07, 6.45) is 6.42. The van der Waals surface area contributed by atoms with Gasteiger partial charge >= 0.3 is 0 Å². The van der Waals surface area contributed by atoms with Crippen LogP contribution < -0.4 is 4.74 Å². The molecular formula is C26H25Cl2N3O3. The Bertz CT molecular complexity index is 1320. The quantitative estimate of drug-likeness (QED) is 0.331. The first-order valence-corrected chi connectivity index (χ1v) is 12.1. The van der Waals surface area contributed by atoms with Crippen LogP contribution in [0.5, 0.6) is 5.75 Å². The molecule has 1 aliphatic rings. The molecule has 0 atom stereocenters. The largest absolute Gasteiger partial charge is 0.497 e. The van der Waals surface area contributed by atoms with E-state index in [9.17, 15) is 4.79 Å². The van der Waals surface area contributed by atoms with Crippen molar-refractivity contribution in [2.75, 3.05) is 20.2 Å². The van der Waals surface area contributed by atoms with Crippen LogP contribution in [0, 0.1) is 0 Å². The van der Waals surface area contributed by atoms with E-state index in [4.69, 9.17) is 32.4 Å². The fourth-order valence-corrected chi connectivity index (χ4v) is 5.14. The molecule has 0 radical (unpaired) electrons. The number of aromatic nitrogens is 2. The highest BCUT2D eigenvalue weighted by Gasteiger charge is 2.26. The highest BCUT2D eigenvalue weighted by molar-refractivity contribution is 6.36. The van der Waals surface area contributed by atoms with E-state index in [1.807, 2.05) is 17.0 Å². The summed E-state index contributed by atoms with van der Waals surface area (Å²) in [5, 5.41) is 2.26. The standard InChI is InChI=1S/C26H25Cl2N3O3/c1-33-18-3-5-23-20(13-18)21(14-29-23)16-8-10-31(11-9-16)26(32)7-6-25-30-15-24(34-25)19-4-2-17(27)12-22(19)28/h2-5,12-16,29H,6-11H2,1H3. The summed E-state index contributed by atoms with van der Waals surface area (Å²) in [7, 11) is 1.68. The second-order valence-corrected chi connectivity index (χ2v) is 9.40. The molecule has 6 nitrogen and oxygen atoms in total. The molecule has 4 aromatic rings. The Kier molecular flexibility index (Phi) is 6.53. The smallest absolute Gasteiger partial charge is 0.223 e. The number of hydrogen-bond acceptors (Lipinski definition) is 4. The van der Waals surface area contributed by atoms with Crippen LogP contribution in [-0.2, 0) is 11.2 Å². The van der Waals surface area contributed by atoms with Gasteiger partial charge in [-0.2, -0.15) is 0 Å². The summed E-state index contributed by atoms with van der Waals surface area (Å²) >= 11 is 12.2. The number of ether oxygens (including phenoxy) is 1. The number of aromatic amines is 1. The lowest BCUT2D eigenvalue weighted by Gasteiger charge is -2.32. The number of oxazole rings is 1. The van der Waals surface area contributed by atoms with Crippen molar-refractivity contribution < 1.29 is 13.9 Å². The van der Waals surface area contributed by atoms with Crippen LogP contribution >= 0.6 is 23.2 Å². The topological polar surface area (TPSA) is 71.4 Å². The number of H-pyrrole nitrogens is 1. The summed E-state index contributed by atoms with van der Waals surface area (Å²) in [4.78, 5) is 22.5. The molecule has 0 unspecified atom stereocenters. The number of carbonyl (C=O) groups excluding carboxylic acids is 1. The zero-order valence-corrected chi connectivity index (χ0v) is 20.3. The molecule has 0 bridgehead atoms. The number of methoxy groups -OCH3 is 1. The number of amides is 1. The number of piperidine rings is 1. The van der Waals surface area contributed by atoms with Crippen molar-refractivity contribution in [3.63, 3.8) is 0 Å². The van der Waals surface area contributed by atoms with Gasteiger partial charge in [-0.25, -0.2) is 4.98 Å². The number of rotatable bonds is 6. The molecule has 5 rings (SSSR count). The van der Waals surface area contributed by atoms with E-state index in [1.165, 1.54) is 10.9 Å². The van der Waals surface area contributed by atoms with Crippen LogP contribution in [0.15, 0.2) is 53.2 Å². The van der Waals surface area contributed by atoms with Crippen molar-refractivity contribution in [2.45, 2.75) is 31.6 Å². The Morgan fingerprint density at radius 3 is 2.79 bits per heavy atom. The van der Waals surface area contributed by atoms with E-state index in [2.05, 4.69) is 22.2 Å². The van der Waals surface area contributed by atoms with Gasteiger partial charge in [-0.05, 0) is 60.7 Å². The lowest BCUT2D eigenvalue weighted by molar-refractivity contribution is -0.132. The monoisotopic (exact) mass is 497 g/mol. The maximum Gasteiger partial charge on any atom is 0.223 e. The molecule has 1 aliphatic heterocycles. The van der Waals surface area contributed by atoms with Gasteiger partial charge in [0.25, 0.3) is 0 Å². The predicted octanol–water partition coefficient (Wildman–Crippen LogP) is 6.48. The third-order valence-corrected chi connectivity index (χ3v) is 7.06. The van der Waals surface area contributed by atoms with Gasteiger partial charge in [-0.15, -0.1) is 0 Å². The zero-order valence-electron chi connectivity index (χ0n) is 18.8. The first-order valence-electron chi connectivity index (χ1n) is 11.3. The van der Waals surface area contributed by atoms with E-state index >= 15 is 0 Å². The molecule has 0 spiro atoms. The minimum atomic E-state index is 0.128. The van der Waals surface area contributed by atoms with Gasteiger partial charge in [-0.3, -0.25) is 4.79 Å². The summed E-state index contributed by atoms with van der Waals surface area (Å²) in [5.41, 5.74) is 3.14. The molecule has 2 aromatic carbocycles. The highest BCUT2D eigenvalue weighted by atomic mass is 35.5. The second-order valence-electron chi connectivity index (χ2n) is 8.55. The van der Waals surface area contributed by atoms with Crippen molar-refractivity contribution in [1.29, 1.82) is 0 Å². The summed E-state index contributed by atoms with van der Waals surface area (Å²) in [6, 6.07) is 11.3. The summed E-state index contributed by atoms with van der Waals surface area (Å²) in [6.45, 7) is 1.49. The number of likely N-dealkylation sites (tertiary alicyclic amines) is 1. The lowest BCUT2D eigenvalue weighted by Crippen LogP contribution is -2.38. The number of fused-ring (bicyclic) bond motifs is 1. The highest BCUT2D eigenvalue weighted by Crippen LogP contribution is 2.35. The molecule has 1 amide bonds. The van der Waals surface area contributed by atoms with Gasteiger partial charge in [-0.1, -0.05) is 23.2 Å². The average Bonchev–Trinajstić information content (AvgIpc) is 3.49. The molecule has 1 fully saturated rings. The van der Waals surface area contributed by atoms with Crippen LogP contribution in [0.4, 0.5) is 0 Å². The van der Waals surface area contributed by atoms with E-state index in [-0.39, 0.29) is 5.91 Å². The molecule has 176 valence electrons. The fourth-order valence-electron chi connectivity index (χ4n) is 4.64. The Hall–Kier alpha value is -2.96. The molecule has 0 aliphatic carbocycles. The first-order chi connectivity index (χ1) is 16.5. The number of carbonyl (C=O) groups is 1. The van der Waals surface area contributed by atoms with Crippen LogP contribution in [0.25, 0.3) is 22.2 Å².